The molecule has 5 rings (SSSR count). The van der Waals surface area contributed by atoms with Gasteiger partial charge in [-0.1, -0.05) is 29.3 Å². The molecule has 3 aromatic rings. The van der Waals surface area contributed by atoms with E-state index in [-0.39, 0.29) is 39.4 Å². The Kier molecular flexibility index (Phi) is 3.60. The topological polar surface area (TPSA) is 61.9 Å². The molecule has 0 amide bonds. The van der Waals surface area contributed by atoms with E-state index >= 15 is 0 Å². The van der Waals surface area contributed by atoms with Crippen LogP contribution in [0.15, 0.2) is 29.2 Å². The van der Waals surface area contributed by atoms with Crippen molar-refractivity contribution in [1.29, 1.82) is 0 Å². The van der Waals surface area contributed by atoms with Crippen LogP contribution in [-0.4, -0.2) is 32.8 Å². The molecule has 6 nitrogen and oxygen atoms in total. The maximum absolute atomic E-state index is 14.1. The number of halogens is 3. The van der Waals surface area contributed by atoms with Gasteiger partial charge in [0, 0.05) is 22.4 Å². The van der Waals surface area contributed by atoms with E-state index in [0.717, 1.165) is 0 Å². The molecule has 1 saturated heterocycles. The van der Waals surface area contributed by atoms with Crippen LogP contribution in [0.25, 0.3) is 10.9 Å². The van der Waals surface area contributed by atoms with E-state index in [2.05, 4.69) is 10.2 Å². The second-order valence-electron chi connectivity index (χ2n) is 6.66. The van der Waals surface area contributed by atoms with Gasteiger partial charge in [0.2, 0.25) is 0 Å². The average molecular weight is 395 g/mol. The highest BCUT2D eigenvalue weighted by Crippen LogP contribution is 2.53. The molecule has 2 fully saturated rings. The average Bonchev–Trinajstić information content (AvgIpc) is 2.95. The summed E-state index contributed by atoms with van der Waals surface area (Å²) < 4.78 is 22.3. The molecule has 2 aliphatic rings. The van der Waals surface area contributed by atoms with E-state index in [1.807, 2.05) is 0 Å². The van der Waals surface area contributed by atoms with Crippen LogP contribution in [0.5, 0.6) is 0 Å². The van der Waals surface area contributed by atoms with Gasteiger partial charge >= 0.3 is 0 Å². The first-order chi connectivity index (χ1) is 12.6. The molecular formula is C17H13Cl2FN4O2. The first kappa shape index (κ1) is 16.2. The molecule has 26 heavy (non-hydrogen) atoms. The fourth-order valence-electron chi connectivity index (χ4n) is 3.73. The van der Waals surface area contributed by atoms with E-state index in [9.17, 15) is 9.18 Å². The van der Waals surface area contributed by atoms with Gasteiger partial charge in [-0.25, -0.2) is 13.8 Å². The predicted octanol–water partition coefficient (Wildman–Crippen LogP) is 2.90. The molecule has 1 aliphatic heterocycles. The van der Waals surface area contributed by atoms with Gasteiger partial charge in [0.05, 0.1) is 37.4 Å². The Labute approximate surface area is 157 Å². The molecule has 1 unspecified atom stereocenters. The number of fused-ring (bicyclic) bond motifs is 2. The molecular weight excluding hydrogens is 382 g/mol. The van der Waals surface area contributed by atoms with Gasteiger partial charge in [0.25, 0.3) is 5.56 Å². The van der Waals surface area contributed by atoms with Gasteiger partial charge in [-0.15, -0.1) is 0 Å². The fourth-order valence-corrected chi connectivity index (χ4v) is 4.19. The summed E-state index contributed by atoms with van der Waals surface area (Å²) >= 11 is 12.4. The highest BCUT2D eigenvalue weighted by Gasteiger charge is 2.56. The molecule has 9 heteroatoms. The third-order valence-corrected chi connectivity index (χ3v) is 5.96. The lowest BCUT2D eigenvalue weighted by molar-refractivity contribution is 0.149. The molecule has 0 bridgehead atoms. The number of ether oxygens (including phenoxy) is 1. The lowest BCUT2D eigenvalue weighted by atomic mass is 10.2. The van der Waals surface area contributed by atoms with Crippen molar-refractivity contribution in [3.8, 4) is 0 Å². The van der Waals surface area contributed by atoms with E-state index < -0.39 is 5.82 Å². The summed E-state index contributed by atoms with van der Waals surface area (Å²) in [6.45, 7) is 1.34. The van der Waals surface area contributed by atoms with Gasteiger partial charge in [-0.3, -0.25) is 4.79 Å². The molecule has 1 aromatic carbocycles. The van der Waals surface area contributed by atoms with Gasteiger partial charge in [0.15, 0.2) is 5.52 Å². The number of hydrogen-bond donors (Lipinski definition) is 0. The van der Waals surface area contributed by atoms with Crippen LogP contribution in [0.3, 0.4) is 0 Å². The maximum Gasteiger partial charge on any atom is 0.295 e. The molecule has 0 spiro atoms. The second kappa shape index (κ2) is 5.77. The van der Waals surface area contributed by atoms with Crippen LogP contribution in [0.1, 0.15) is 11.6 Å². The lowest BCUT2D eigenvalue weighted by Gasteiger charge is -2.06. The van der Waals surface area contributed by atoms with Gasteiger partial charge < -0.3 is 4.74 Å². The van der Waals surface area contributed by atoms with E-state index in [1.54, 1.807) is 12.3 Å². The van der Waals surface area contributed by atoms with Crippen molar-refractivity contribution in [2.45, 2.75) is 12.6 Å². The summed E-state index contributed by atoms with van der Waals surface area (Å²) in [6.07, 6.45) is 1.54. The minimum absolute atomic E-state index is 0.0287. The van der Waals surface area contributed by atoms with Crippen LogP contribution in [-0.2, 0) is 11.3 Å². The van der Waals surface area contributed by atoms with Crippen LogP contribution < -0.4 is 5.56 Å². The Morgan fingerprint density at radius 3 is 2.77 bits per heavy atom. The number of aromatic nitrogens is 4. The minimum atomic E-state index is -0.450. The summed E-state index contributed by atoms with van der Waals surface area (Å²) in [6, 6.07) is 4.51. The zero-order valence-electron chi connectivity index (χ0n) is 13.4. The summed E-state index contributed by atoms with van der Waals surface area (Å²) in [5.41, 5.74) is 0.205. The Morgan fingerprint density at radius 1 is 1.27 bits per heavy atom. The zero-order valence-corrected chi connectivity index (χ0v) is 14.9. The van der Waals surface area contributed by atoms with Crippen LogP contribution in [0, 0.1) is 17.7 Å². The largest absolute Gasteiger partial charge is 0.381 e. The molecule has 2 aromatic heterocycles. The number of benzene rings is 1. The normalized spacial score (nSPS) is 24.2. The highest BCUT2D eigenvalue weighted by atomic mass is 35.5. The summed E-state index contributed by atoms with van der Waals surface area (Å²) in [7, 11) is 0. The molecule has 1 saturated carbocycles. The van der Waals surface area contributed by atoms with Crippen LogP contribution in [0.2, 0.25) is 10.2 Å². The van der Waals surface area contributed by atoms with E-state index in [4.69, 9.17) is 27.9 Å². The SMILES string of the molecule is O=c1c2nn(Cc3c(F)cccc3Cl)c(Cl)c2cnn1C1[C@H]2COC[C@@H]12. The number of hydrogen-bond acceptors (Lipinski definition) is 4. The van der Waals surface area contributed by atoms with Gasteiger partial charge in [-0.05, 0) is 12.1 Å². The Bertz CT molecular complexity index is 1070. The van der Waals surface area contributed by atoms with Crippen LogP contribution in [0.4, 0.5) is 4.39 Å². The summed E-state index contributed by atoms with van der Waals surface area (Å²) in [4.78, 5) is 12.8. The van der Waals surface area contributed by atoms with Crippen molar-refractivity contribution < 1.29 is 9.13 Å². The molecule has 0 radical (unpaired) electrons. The van der Waals surface area contributed by atoms with Crippen molar-refractivity contribution in [2.24, 2.45) is 11.8 Å². The standard InChI is InChI=1S/C17H13Cl2FN4O2/c18-12-2-1-3-13(20)9(12)5-23-16(19)8-4-21-24(17(25)14(8)22-23)15-10-6-26-7-11(10)15/h1-4,10-11,15H,5-7H2/t10-,11+,15?. The minimum Gasteiger partial charge on any atom is -0.381 e. The Morgan fingerprint density at radius 2 is 2.04 bits per heavy atom. The maximum atomic E-state index is 14.1. The lowest BCUT2D eigenvalue weighted by Crippen LogP contribution is -2.24. The molecule has 0 N–H and O–H groups in total. The summed E-state index contributed by atoms with van der Waals surface area (Å²) in [5.74, 6) is 0.231. The fraction of sp³-hybridized carbons (Fsp3) is 0.353. The number of nitrogens with zero attached hydrogens (tertiary/aromatic N) is 4. The quantitative estimate of drug-likeness (QED) is 0.684. The van der Waals surface area contributed by atoms with E-state index in [0.29, 0.717) is 30.4 Å². The number of rotatable bonds is 3. The smallest absolute Gasteiger partial charge is 0.295 e. The molecule has 3 heterocycles. The monoisotopic (exact) mass is 394 g/mol. The third-order valence-electron chi connectivity index (χ3n) is 5.21. The van der Waals surface area contributed by atoms with Crippen molar-refractivity contribution in [3.63, 3.8) is 0 Å². The Balaban J connectivity index is 1.57. The van der Waals surface area contributed by atoms with Crippen LogP contribution >= 0.6 is 23.2 Å². The Hall–Kier alpha value is -1.96. The van der Waals surface area contributed by atoms with Crippen molar-refractivity contribution in [2.75, 3.05) is 13.2 Å². The second-order valence-corrected chi connectivity index (χ2v) is 7.43. The third kappa shape index (κ3) is 2.31. The zero-order chi connectivity index (χ0) is 18.0. The van der Waals surface area contributed by atoms with E-state index in [1.165, 1.54) is 21.5 Å². The molecule has 134 valence electrons. The highest BCUT2D eigenvalue weighted by molar-refractivity contribution is 6.34. The van der Waals surface area contributed by atoms with Crippen molar-refractivity contribution in [3.05, 3.63) is 56.3 Å². The van der Waals surface area contributed by atoms with Crippen molar-refractivity contribution in [1.82, 2.24) is 19.6 Å². The first-order valence-corrected chi connectivity index (χ1v) is 8.96. The van der Waals surface area contributed by atoms with Gasteiger partial charge in [-0.2, -0.15) is 10.2 Å². The van der Waals surface area contributed by atoms with Crippen molar-refractivity contribution >= 4 is 34.1 Å². The summed E-state index contributed by atoms with van der Waals surface area (Å²) in [5, 5.41) is 9.54. The molecule has 3 atom stereocenters. The van der Waals surface area contributed by atoms with Gasteiger partial charge in [0.1, 0.15) is 11.0 Å². The predicted molar refractivity (Wildman–Crippen MR) is 94.1 cm³/mol. The first-order valence-electron chi connectivity index (χ1n) is 8.20. The molecule has 1 aliphatic carbocycles.